The average Bonchev–Trinajstić information content (AvgIpc) is 2.97. The number of aryl methyl sites for hydroxylation is 1. The summed E-state index contributed by atoms with van der Waals surface area (Å²) >= 11 is 0. The summed E-state index contributed by atoms with van der Waals surface area (Å²) in [7, 11) is 0. The standard InChI is InChI=1S/C19H30N2/c1-3-15-8-10-17(11-9-15)19(20)14(2)21-13-12-16-6-4-5-7-18(16)21/h8-11,14,16,18-19H,3-7,12-13,20H2,1-2H3. The highest BCUT2D eigenvalue weighted by atomic mass is 15.2. The Labute approximate surface area is 129 Å². The molecule has 0 aromatic heterocycles. The van der Waals surface area contributed by atoms with Gasteiger partial charge in [-0.1, -0.05) is 44.0 Å². The lowest BCUT2D eigenvalue weighted by molar-refractivity contribution is 0.125. The highest BCUT2D eigenvalue weighted by Crippen LogP contribution is 2.38. The summed E-state index contributed by atoms with van der Waals surface area (Å²) in [5, 5.41) is 0. The average molecular weight is 286 g/mol. The van der Waals surface area contributed by atoms with Gasteiger partial charge in [0.05, 0.1) is 0 Å². The SMILES string of the molecule is CCc1ccc(C(N)C(C)N2CCC3CCCCC32)cc1. The van der Waals surface area contributed by atoms with Crippen LogP contribution in [0.4, 0.5) is 0 Å². The van der Waals surface area contributed by atoms with Crippen LogP contribution < -0.4 is 5.73 Å². The lowest BCUT2D eigenvalue weighted by Crippen LogP contribution is -2.45. The zero-order valence-electron chi connectivity index (χ0n) is 13.6. The highest BCUT2D eigenvalue weighted by molar-refractivity contribution is 5.26. The van der Waals surface area contributed by atoms with Gasteiger partial charge in [0.1, 0.15) is 0 Å². The van der Waals surface area contributed by atoms with E-state index in [1.165, 1.54) is 49.8 Å². The van der Waals surface area contributed by atoms with E-state index in [4.69, 9.17) is 5.73 Å². The maximum absolute atomic E-state index is 6.59. The van der Waals surface area contributed by atoms with Gasteiger partial charge in [0.2, 0.25) is 0 Å². The molecule has 0 radical (unpaired) electrons. The van der Waals surface area contributed by atoms with E-state index >= 15 is 0 Å². The molecule has 21 heavy (non-hydrogen) atoms. The summed E-state index contributed by atoms with van der Waals surface area (Å²) in [5.74, 6) is 0.941. The van der Waals surface area contributed by atoms with Crippen molar-refractivity contribution in [2.24, 2.45) is 11.7 Å². The molecule has 0 amide bonds. The first-order valence-corrected chi connectivity index (χ1v) is 8.81. The van der Waals surface area contributed by atoms with Gasteiger partial charge in [-0.3, -0.25) is 4.90 Å². The van der Waals surface area contributed by atoms with Crippen LogP contribution in [-0.2, 0) is 6.42 Å². The lowest BCUT2D eigenvalue weighted by Gasteiger charge is -2.38. The van der Waals surface area contributed by atoms with Gasteiger partial charge < -0.3 is 5.73 Å². The molecule has 1 saturated carbocycles. The zero-order valence-corrected chi connectivity index (χ0v) is 13.6. The van der Waals surface area contributed by atoms with Crippen molar-refractivity contribution in [3.8, 4) is 0 Å². The Morgan fingerprint density at radius 3 is 2.57 bits per heavy atom. The molecule has 0 spiro atoms. The van der Waals surface area contributed by atoms with Gasteiger partial charge in [-0.05, 0) is 56.2 Å². The summed E-state index contributed by atoms with van der Waals surface area (Å²) in [6, 6.07) is 10.3. The number of hydrogen-bond donors (Lipinski definition) is 1. The Hall–Kier alpha value is -0.860. The number of rotatable bonds is 4. The van der Waals surface area contributed by atoms with Crippen molar-refractivity contribution >= 4 is 0 Å². The van der Waals surface area contributed by atoms with Gasteiger partial charge in [-0.2, -0.15) is 0 Å². The van der Waals surface area contributed by atoms with Gasteiger partial charge in [0, 0.05) is 18.1 Å². The molecule has 1 heterocycles. The van der Waals surface area contributed by atoms with Crippen LogP contribution in [0.5, 0.6) is 0 Å². The zero-order chi connectivity index (χ0) is 14.8. The Bertz CT molecular complexity index is 453. The second-order valence-electron chi connectivity index (χ2n) is 7.00. The van der Waals surface area contributed by atoms with Gasteiger partial charge in [-0.15, -0.1) is 0 Å². The second-order valence-corrected chi connectivity index (χ2v) is 7.00. The van der Waals surface area contributed by atoms with Crippen molar-refractivity contribution in [1.82, 2.24) is 4.90 Å². The van der Waals surface area contributed by atoms with Crippen LogP contribution in [0.1, 0.15) is 63.1 Å². The van der Waals surface area contributed by atoms with Crippen LogP contribution in [0.15, 0.2) is 24.3 Å². The van der Waals surface area contributed by atoms with E-state index in [0.29, 0.717) is 6.04 Å². The normalized spacial score (nSPS) is 29.1. The van der Waals surface area contributed by atoms with Crippen molar-refractivity contribution in [2.45, 2.75) is 70.5 Å². The Kier molecular flexibility index (Phi) is 4.66. The molecular formula is C19H30N2. The third-order valence-electron chi connectivity index (χ3n) is 5.87. The minimum Gasteiger partial charge on any atom is -0.323 e. The molecule has 3 rings (SSSR count). The first-order chi connectivity index (χ1) is 10.2. The van der Waals surface area contributed by atoms with Crippen LogP contribution in [0.25, 0.3) is 0 Å². The number of hydrogen-bond acceptors (Lipinski definition) is 2. The first kappa shape index (κ1) is 15.1. The van der Waals surface area contributed by atoms with Crippen molar-refractivity contribution in [3.05, 3.63) is 35.4 Å². The molecule has 4 atom stereocenters. The summed E-state index contributed by atoms with van der Waals surface area (Å²) in [6.45, 7) is 5.78. The van der Waals surface area contributed by atoms with Crippen LogP contribution in [0.2, 0.25) is 0 Å². The Morgan fingerprint density at radius 2 is 1.86 bits per heavy atom. The molecule has 1 aliphatic heterocycles. The van der Waals surface area contributed by atoms with E-state index in [-0.39, 0.29) is 6.04 Å². The van der Waals surface area contributed by atoms with E-state index in [9.17, 15) is 0 Å². The molecule has 2 aliphatic rings. The third-order valence-corrected chi connectivity index (χ3v) is 5.87. The molecule has 1 aromatic rings. The van der Waals surface area contributed by atoms with Crippen molar-refractivity contribution in [1.29, 1.82) is 0 Å². The Morgan fingerprint density at radius 1 is 1.14 bits per heavy atom. The summed E-state index contributed by atoms with van der Waals surface area (Å²) < 4.78 is 0. The van der Waals surface area contributed by atoms with E-state index in [2.05, 4.69) is 43.0 Å². The summed E-state index contributed by atoms with van der Waals surface area (Å²) in [4.78, 5) is 2.71. The van der Waals surface area contributed by atoms with Gasteiger partial charge >= 0.3 is 0 Å². The predicted octanol–water partition coefficient (Wildman–Crippen LogP) is 3.90. The van der Waals surface area contributed by atoms with Gasteiger partial charge in [-0.25, -0.2) is 0 Å². The molecular weight excluding hydrogens is 256 g/mol. The molecule has 1 saturated heterocycles. The molecule has 4 unspecified atom stereocenters. The first-order valence-electron chi connectivity index (χ1n) is 8.81. The number of nitrogens with two attached hydrogens (primary N) is 1. The van der Waals surface area contributed by atoms with Gasteiger partial charge in [0.25, 0.3) is 0 Å². The third kappa shape index (κ3) is 3.02. The van der Waals surface area contributed by atoms with Crippen LogP contribution in [0.3, 0.4) is 0 Å². The minimum atomic E-state index is 0.136. The summed E-state index contributed by atoms with van der Waals surface area (Å²) in [5.41, 5.74) is 9.28. The monoisotopic (exact) mass is 286 g/mol. The molecule has 2 nitrogen and oxygen atoms in total. The quantitative estimate of drug-likeness (QED) is 0.909. The second kappa shape index (κ2) is 6.50. The van der Waals surface area contributed by atoms with E-state index in [1.807, 2.05) is 0 Å². The fraction of sp³-hybridized carbons (Fsp3) is 0.684. The van der Waals surface area contributed by atoms with E-state index < -0.39 is 0 Å². The fourth-order valence-corrected chi connectivity index (χ4v) is 4.41. The van der Waals surface area contributed by atoms with Crippen LogP contribution in [0, 0.1) is 5.92 Å². The molecule has 1 aliphatic carbocycles. The van der Waals surface area contributed by atoms with Crippen molar-refractivity contribution < 1.29 is 0 Å². The molecule has 1 aromatic carbocycles. The maximum Gasteiger partial charge on any atom is 0.0450 e. The van der Waals surface area contributed by atoms with Crippen molar-refractivity contribution in [2.75, 3.05) is 6.54 Å². The van der Waals surface area contributed by atoms with Gasteiger partial charge in [0.15, 0.2) is 0 Å². The summed E-state index contributed by atoms with van der Waals surface area (Å²) in [6.07, 6.45) is 8.15. The highest BCUT2D eigenvalue weighted by Gasteiger charge is 2.39. The molecule has 0 bridgehead atoms. The molecule has 2 heteroatoms. The van der Waals surface area contributed by atoms with E-state index in [1.54, 1.807) is 0 Å². The number of likely N-dealkylation sites (tertiary alicyclic amines) is 1. The van der Waals surface area contributed by atoms with Crippen LogP contribution in [-0.4, -0.2) is 23.5 Å². The topological polar surface area (TPSA) is 29.3 Å². The number of nitrogens with zero attached hydrogens (tertiary/aromatic N) is 1. The smallest absolute Gasteiger partial charge is 0.0450 e. The number of fused-ring (bicyclic) bond motifs is 1. The molecule has 116 valence electrons. The molecule has 2 N–H and O–H groups in total. The minimum absolute atomic E-state index is 0.136. The Balaban J connectivity index is 1.70. The fourth-order valence-electron chi connectivity index (χ4n) is 4.41. The van der Waals surface area contributed by atoms with E-state index in [0.717, 1.165) is 18.4 Å². The number of benzene rings is 1. The van der Waals surface area contributed by atoms with Crippen LogP contribution >= 0.6 is 0 Å². The maximum atomic E-state index is 6.59. The lowest BCUT2D eigenvalue weighted by atomic mass is 9.84. The largest absolute Gasteiger partial charge is 0.323 e. The van der Waals surface area contributed by atoms with Crippen molar-refractivity contribution in [3.63, 3.8) is 0 Å². The predicted molar refractivity (Wildman–Crippen MR) is 89.3 cm³/mol. The molecule has 2 fully saturated rings.